The second-order valence-corrected chi connectivity index (χ2v) is 9.11. The summed E-state index contributed by atoms with van der Waals surface area (Å²) in [5.74, 6) is 0.126. The number of halogens is 2. The maximum atomic E-state index is 14.8. The lowest BCUT2D eigenvalue weighted by atomic mass is 10.2. The summed E-state index contributed by atoms with van der Waals surface area (Å²) in [4.78, 5) is 21.4. The highest BCUT2D eigenvalue weighted by atomic mass is 35.5. The molecule has 3 heterocycles. The number of aromatic nitrogens is 3. The monoisotopic (exact) mass is 521 g/mol. The summed E-state index contributed by atoms with van der Waals surface area (Å²) in [5, 5.41) is 12.4. The Labute approximate surface area is 218 Å². The van der Waals surface area contributed by atoms with Gasteiger partial charge in [0, 0.05) is 72.7 Å². The van der Waals surface area contributed by atoms with Crippen molar-refractivity contribution in [2.24, 2.45) is 0 Å². The molecule has 37 heavy (non-hydrogen) atoms. The molecule has 0 saturated carbocycles. The van der Waals surface area contributed by atoms with Gasteiger partial charge in [-0.2, -0.15) is 5.10 Å². The molecule has 0 radical (unpaired) electrons. The maximum absolute atomic E-state index is 14.8. The average Bonchev–Trinajstić information content (AvgIpc) is 3.41. The van der Waals surface area contributed by atoms with Crippen LogP contribution in [0.15, 0.2) is 67.1 Å². The van der Waals surface area contributed by atoms with Crippen LogP contribution in [0.4, 0.5) is 26.2 Å². The number of carbonyl (C=O) groups is 1. The van der Waals surface area contributed by atoms with E-state index in [1.807, 2.05) is 12.1 Å². The van der Waals surface area contributed by atoms with Crippen LogP contribution in [0, 0.1) is 5.82 Å². The van der Waals surface area contributed by atoms with Gasteiger partial charge in [0.25, 0.3) is 0 Å². The predicted molar refractivity (Wildman–Crippen MR) is 142 cm³/mol. The fourth-order valence-corrected chi connectivity index (χ4v) is 4.23. The van der Waals surface area contributed by atoms with E-state index in [9.17, 15) is 9.18 Å². The number of rotatable bonds is 6. The van der Waals surface area contributed by atoms with Crippen LogP contribution in [-0.2, 0) is 0 Å². The van der Waals surface area contributed by atoms with Gasteiger partial charge in [-0.15, -0.1) is 0 Å². The summed E-state index contributed by atoms with van der Waals surface area (Å²) in [6.45, 7) is 3.63. The molecule has 2 amide bonds. The van der Waals surface area contributed by atoms with E-state index in [0.29, 0.717) is 22.2 Å². The van der Waals surface area contributed by atoms with Gasteiger partial charge in [0.2, 0.25) is 0 Å². The van der Waals surface area contributed by atoms with E-state index in [0.717, 1.165) is 37.4 Å². The number of amides is 2. The minimum Gasteiger partial charge on any atom is -0.457 e. The zero-order chi connectivity index (χ0) is 25.8. The van der Waals surface area contributed by atoms with Gasteiger partial charge < -0.3 is 25.2 Å². The molecular formula is C26H25ClFN7O2. The number of nitrogens with zero attached hydrogens (tertiary/aromatic N) is 4. The first-order valence-corrected chi connectivity index (χ1v) is 12.1. The number of likely N-dealkylation sites (N-methyl/N-ethyl adjacent to an activating group) is 1. The third kappa shape index (κ3) is 6.16. The molecule has 2 aromatic heterocycles. The Hall–Kier alpha value is -4.15. The number of hydrogen-bond donors (Lipinski definition) is 3. The molecule has 0 bridgehead atoms. The Balaban J connectivity index is 1.23. The van der Waals surface area contributed by atoms with Crippen LogP contribution < -0.4 is 20.3 Å². The molecule has 1 aliphatic rings. The van der Waals surface area contributed by atoms with Crippen LogP contribution in [0.25, 0.3) is 11.3 Å². The summed E-state index contributed by atoms with van der Waals surface area (Å²) >= 11 is 6.30. The number of carbonyl (C=O) groups excluding carboxylic acids is 1. The summed E-state index contributed by atoms with van der Waals surface area (Å²) < 4.78 is 20.6. The first-order valence-electron chi connectivity index (χ1n) is 11.7. The number of piperazine rings is 1. The maximum Gasteiger partial charge on any atom is 0.323 e. The second-order valence-electron chi connectivity index (χ2n) is 8.68. The van der Waals surface area contributed by atoms with E-state index in [-0.39, 0.29) is 11.4 Å². The smallest absolute Gasteiger partial charge is 0.323 e. The summed E-state index contributed by atoms with van der Waals surface area (Å²) in [6, 6.07) is 12.4. The number of urea groups is 1. The molecule has 1 aliphatic heterocycles. The van der Waals surface area contributed by atoms with Crippen LogP contribution >= 0.6 is 11.6 Å². The van der Waals surface area contributed by atoms with Crippen molar-refractivity contribution in [1.29, 1.82) is 0 Å². The predicted octanol–water partition coefficient (Wildman–Crippen LogP) is 5.45. The van der Waals surface area contributed by atoms with E-state index >= 15 is 0 Å². The van der Waals surface area contributed by atoms with E-state index < -0.39 is 11.8 Å². The Morgan fingerprint density at radius 1 is 1.05 bits per heavy atom. The highest BCUT2D eigenvalue weighted by Gasteiger charge is 2.16. The summed E-state index contributed by atoms with van der Waals surface area (Å²) in [6.07, 6.45) is 4.96. The van der Waals surface area contributed by atoms with Gasteiger partial charge in [0.15, 0.2) is 0 Å². The lowest BCUT2D eigenvalue weighted by molar-refractivity contribution is 0.262. The number of aromatic amines is 1. The van der Waals surface area contributed by atoms with Crippen LogP contribution in [0.5, 0.6) is 11.5 Å². The molecule has 4 aromatic rings. The van der Waals surface area contributed by atoms with Crippen molar-refractivity contribution < 1.29 is 13.9 Å². The van der Waals surface area contributed by atoms with Crippen LogP contribution in [0.2, 0.25) is 5.02 Å². The van der Waals surface area contributed by atoms with Crippen LogP contribution in [-0.4, -0.2) is 59.3 Å². The standard InChI is InChI=1S/C26H25ClFN7O2/c1-34-6-8-35(9-7-34)20-11-18(27)10-19(12-20)32-26(36)33-24-3-2-21(13-23(24)28)37-22-4-5-29-25(14-22)17-15-30-31-16-17/h2-5,10-16H,6-9H2,1H3,(H,30,31)(H2,32,33,36). The highest BCUT2D eigenvalue weighted by Crippen LogP contribution is 2.29. The van der Waals surface area contributed by atoms with Gasteiger partial charge in [0.05, 0.1) is 17.6 Å². The topological polar surface area (TPSA) is 98.4 Å². The molecule has 5 rings (SSSR count). The summed E-state index contributed by atoms with van der Waals surface area (Å²) in [5.41, 5.74) is 2.93. The molecule has 0 spiro atoms. The van der Waals surface area contributed by atoms with E-state index in [4.69, 9.17) is 16.3 Å². The Morgan fingerprint density at radius 3 is 2.62 bits per heavy atom. The molecule has 1 fully saturated rings. The third-order valence-electron chi connectivity index (χ3n) is 5.96. The van der Waals surface area contributed by atoms with Crippen molar-refractivity contribution in [2.75, 3.05) is 48.8 Å². The van der Waals surface area contributed by atoms with Gasteiger partial charge in [-0.1, -0.05) is 11.6 Å². The number of pyridine rings is 1. The third-order valence-corrected chi connectivity index (χ3v) is 6.18. The Kier molecular flexibility index (Phi) is 7.20. The van der Waals surface area contributed by atoms with E-state index in [1.54, 1.807) is 42.9 Å². The average molecular weight is 522 g/mol. The highest BCUT2D eigenvalue weighted by molar-refractivity contribution is 6.31. The van der Waals surface area contributed by atoms with Gasteiger partial charge in [-0.25, -0.2) is 9.18 Å². The number of anilines is 3. The van der Waals surface area contributed by atoms with Crippen molar-refractivity contribution in [2.45, 2.75) is 0 Å². The largest absolute Gasteiger partial charge is 0.457 e. The molecule has 3 N–H and O–H groups in total. The summed E-state index contributed by atoms with van der Waals surface area (Å²) in [7, 11) is 2.09. The first kappa shape index (κ1) is 24.5. The fourth-order valence-electron chi connectivity index (χ4n) is 4.00. The SMILES string of the molecule is CN1CCN(c2cc(Cl)cc(NC(=O)Nc3ccc(Oc4ccnc(-c5cn[nH]c5)c4)cc3F)c2)CC1. The lowest BCUT2D eigenvalue weighted by Crippen LogP contribution is -2.44. The number of H-pyrrole nitrogens is 1. The zero-order valence-electron chi connectivity index (χ0n) is 20.0. The van der Waals surface area contributed by atoms with Crippen molar-refractivity contribution in [3.05, 3.63) is 78.0 Å². The molecule has 9 nitrogen and oxygen atoms in total. The molecule has 190 valence electrons. The Bertz CT molecular complexity index is 1390. The molecule has 2 aromatic carbocycles. The van der Waals surface area contributed by atoms with Crippen LogP contribution in [0.1, 0.15) is 0 Å². The second kappa shape index (κ2) is 10.9. The minimum atomic E-state index is -0.638. The van der Waals surface area contributed by atoms with Crippen molar-refractivity contribution in [1.82, 2.24) is 20.1 Å². The van der Waals surface area contributed by atoms with Gasteiger partial charge in [-0.3, -0.25) is 10.1 Å². The number of ether oxygens (including phenoxy) is 1. The van der Waals surface area contributed by atoms with Crippen molar-refractivity contribution in [3.63, 3.8) is 0 Å². The van der Waals surface area contributed by atoms with E-state index in [2.05, 4.69) is 42.7 Å². The lowest BCUT2D eigenvalue weighted by Gasteiger charge is -2.34. The minimum absolute atomic E-state index is 0.0139. The van der Waals surface area contributed by atoms with E-state index in [1.165, 1.54) is 12.1 Å². The number of nitrogens with one attached hydrogen (secondary N) is 3. The number of benzene rings is 2. The molecule has 0 atom stereocenters. The van der Waals surface area contributed by atoms with Crippen molar-refractivity contribution >= 4 is 34.7 Å². The van der Waals surface area contributed by atoms with Crippen molar-refractivity contribution in [3.8, 4) is 22.8 Å². The Morgan fingerprint density at radius 2 is 1.86 bits per heavy atom. The quantitative estimate of drug-likeness (QED) is 0.312. The van der Waals surface area contributed by atoms with Gasteiger partial charge >= 0.3 is 6.03 Å². The zero-order valence-corrected chi connectivity index (χ0v) is 20.8. The normalized spacial score (nSPS) is 13.9. The number of hydrogen-bond acceptors (Lipinski definition) is 6. The molecule has 11 heteroatoms. The molecular weight excluding hydrogens is 497 g/mol. The molecule has 0 unspecified atom stereocenters. The molecule has 1 saturated heterocycles. The van der Waals surface area contributed by atoms with Crippen LogP contribution in [0.3, 0.4) is 0 Å². The molecule has 0 aliphatic carbocycles. The van der Waals surface area contributed by atoms with Gasteiger partial charge in [-0.05, 0) is 43.4 Å². The fraction of sp³-hybridized carbons (Fsp3) is 0.192. The van der Waals surface area contributed by atoms with Gasteiger partial charge in [0.1, 0.15) is 17.3 Å². The first-order chi connectivity index (χ1) is 17.9.